The summed E-state index contributed by atoms with van der Waals surface area (Å²) in [4.78, 5) is 22.2. The van der Waals surface area contributed by atoms with E-state index in [4.69, 9.17) is 5.11 Å². The maximum absolute atomic E-state index is 11.3. The molecule has 13 heavy (non-hydrogen) atoms. The highest BCUT2D eigenvalue weighted by Crippen LogP contribution is 2.28. The van der Waals surface area contributed by atoms with Gasteiger partial charge in [0.2, 0.25) is 5.91 Å². The number of aliphatic carboxylic acids is 1. The number of amides is 1. The maximum atomic E-state index is 11.3. The van der Waals surface area contributed by atoms with Gasteiger partial charge in [-0.3, -0.25) is 9.59 Å². The van der Waals surface area contributed by atoms with Crippen LogP contribution in [0.4, 0.5) is 0 Å². The van der Waals surface area contributed by atoms with E-state index in [1.165, 1.54) is 20.0 Å². The largest absolute Gasteiger partial charge is 0.480 e. The first-order valence-electron chi connectivity index (χ1n) is 3.99. The molecule has 0 heterocycles. The minimum absolute atomic E-state index is 0.412. The molecule has 0 rings (SSSR count). The molecule has 2 N–H and O–H groups in total. The number of rotatable bonds is 4. The molecule has 0 saturated heterocycles. The molecule has 0 aromatic carbocycles. The van der Waals surface area contributed by atoms with E-state index in [-0.39, 0.29) is 0 Å². The van der Waals surface area contributed by atoms with Crippen LogP contribution in [0.25, 0.3) is 0 Å². The highest BCUT2D eigenvalue weighted by atomic mass is 16.4. The number of carboxylic acids is 1. The molecule has 2 atom stereocenters. The van der Waals surface area contributed by atoms with Crippen molar-refractivity contribution in [1.29, 1.82) is 0 Å². The fraction of sp³-hybridized carbons (Fsp3) is 0.556. The predicted octanol–water partition coefficient (Wildman–Crippen LogP) is 0.645. The molecule has 2 unspecified atom stereocenters. The summed E-state index contributed by atoms with van der Waals surface area (Å²) >= 11 is 0. The van der Waals surface area contributed by atoms with Gasteiger partial charge in [-0.05, 0) is 12.8 Å². The highest BCUT2D eigenvalue weighted by molar-refractivity contribution is 6.01. The summed E-state index contributed by atoms with van der Waals surface area (Å²) in [7, 11) is 1.42. The van der Waals surface area contributed by atoms with Gasteiger partial charge in [0.05, 0.1) is 0 Å². The monoisotopic (exact) mass is 185 g/mol. The zero-order valence-corrected chi connectivity index (χ0v) is 8.13. The predicted molar refractivity (Wildman–Crippen MR) is 49.2 cm³/mol. The minimum Gasteiger partial charge on any atom is -0.480 e. The van der Waals surface area contributed by atoms with Gasteiger partial charge < -0.3 is 10.4 Å². The summed E-state index contributed by atoms with van der Waals surface area (Å²) in [5.41, 5.74) is -1.43. The molecule has 4 nitrogen and oxygen atoms in total. The van der Waals surface area contributed by atoms with Gasteiger partial charge in [-0.15, -0.1) is 6.58 Å². The molecule has 0 saturated carbocycles. The van der Waals surface area contributed by atoms with Crippen molar-refractivity contribution < 1.29 is 14.7 Å². The molecular weight excluding hydrogens is 170 g/mol. The number of hydrogen-bond acceptors (Lipinski definition) is 2. The molecule has 0 fully saturated rings. The van der Waals surface area contributed by atoms with Crippen LogP contribution >= 0.6 is 0 Å². The van der Waals surface area contributed by atoms with Crippen LogP contribution in [0.3, 0.4) is 0 Å². The van der Waals surface area contributed by atoms with Crippen LogP contribution in [-0.4, -0.2) is 24.0 Å². The Balaban J connectivity index is 5.05. The van der Waals surface area contributed by atoms with Gasteiger partial charge in [0, 0.05) is 7.05 Å². The minimum atomic E-state index is -1.43. The van der Waals surface area contributed by atoms with Crippen LogP contribution in [0.15, 0.2) is 12.7 Å². The molecule has 0 spiro atoms. The van der Waals surface area contributed by atoms with E-state index in [1.807, 2.05) is 0 Å². The quantitative estimate of drug-likeness (QED) is 0.499. The normalized spacial score (nSPS) is 16.8. The van der Waals surface area contributed by atoms with Gasteiger partial charge in [0.1, 0.15) is 5.41 Å². The fourth-order valence-corrected chi connectivity index (χ4v) is 0.994. The zero-order chi connectivity index (χ0) is 10.6. The van der Waals surface area contributed by atoms with Crippen LogP contribution in [-0.2, 0) is 9.59 Å². The number of hydrogen-bond donors (Lipinski definition) is 2. The summed E-state index contributed by atoms with van der Waals surface area (Å²) in [6, 6.07) is 0. The molecule has 0 aliphatic carbocycles. The number of carbonyl (C=O) groups is 2. The summed E-state index contributed by atoms with van der Waals surface area (Å²) < 4.78 is 0. The molecule has 0 aromatic heterocycles. The summed E-state index contributed by atoms with van der Waals surface area (Å²) in [5, 5.41) is 11.3. The Hall–Kier alpha value is -1.32. The van der Waals surface area contributed by atoms with E-state index < -0.39 is 23.2 Å². The van der Waals surface area contributed by atoms with E-state index in [0.29, 0.717) is 0 Å². The standard InChI is InChI=1S/C9H15NO3/c1-5-6(2)9(3,8(12)13)7(11)10-4/h5-6H,1H2,2-4H3,(H,10,11)(H,12,13). The van der Waals surface area contributed by atoms with Crippen molar-refractivity contribution in [3.05, 3.63) is 12.7 Å². The van der Waals surface area contributed by atoms with Crippen LogP contribution in [0.1, 0.15) is 13.8 Å². The van der Waals surface area contributed by atoms with Crippen molar-refractivity contribution in [2.75, 3.05) is 7.05 Å². The third-order valence-electron chi connectivity index (χ3n) is 2.41. The van der Waals surface area contributed by atoms with Crippen molar-refractivity contribution in [3.63, 3.8) is 0 Å². The first-order valence-corrected chi connectivity index (χ1v) is 3.99. The molecule has 0 aliphatic rings. The Morgan fingerprint density at radius 1 is 1.62 bits per heavy atom. The Bertz CT molecular complexity index is 237. The van der Waals surface area contributed by atoms with Crippen LogP contribution in [0.2, 0.25) is 0 Å². The van der Waals surface area contributed by atoms with Crippen molar-refractivity contribution in [1.82, 2.24) is 5.32 Å². The molecule has 0 aliphatic heterocycles. The van der Waals surface area contributed by atoms with Crippen LogP contribution in [0, 0.1) is 11.3 Å². The lowest BCUT2D eigenvalue weighted by Gasteiger charge is -2.27. The van der Waals surface area contributed by atoms with Gasteiger partial charge in [-0.2, -0.15) is 0 Å². The average Bonchev–Trinajstić information content (AvgIpc) is 2.13. The Kier molecular flexibility index (Phi) is 3.66. The summed E-state index contributed by atoms with van der Waals surface area (Å²) in [6.45, 7) is 6.52. The second-order valence-corrected chi connectivity index (χ2v) is 3.11. The maximum Gasteiger partial charge on any atom is 0.319 e. The first-order chi connectivity index (χ1) is 5.91. The van der Waals surface area contributed by atoms with Crippen molar-refractivity contribution >= 4 is 11.9 Å². The third-order valence-corrected chi connectivity index (χ3v) is 2.41. The van der Waals surface area contributed by atoms with Crippen LogP contribution in [0.5, 0.6) is 0 Å². The van der Waals surface area contributed by atoms with Crippen molar-refractivity contribution in [2.45, 2.75) is 13.8 Å². The number of carbonyl (C=O) groups excluding carboxylic acids is 1. The molecule has 4 heteroatoms. The summed E-state index contributed by atoms with van der Waals surface area (Å²) in [6.07, 6.45) is 1.46. The first kappa shape index (κ1) is 11.7. The van der Waals surface area contributed by atoms with Gasteiger partial charge >= 0.3 is 5.97 Å². The Morgan fingerprint density at radius 3 is 2.31 bits per heavy atom. The van der Waals surface area contributed by atoms with E-state index >= 15 is 0 Å². The molecule has 1 amide bonds. The van der Waals surface area contributed by atoms with Gasteiger partial charge in [0.25, 0.3) is 0 Å². The molecule has 0 bridgehead atoms. The zero-order valence-electron chi connectivity index (χ0n) is 8.13. The van der Waals surface area contributed by atoms with Gasteiger partial charge in [0.15, 0.2) is 0 Å². The second kappa shape index (κ2) is 4.07. The molecule has 0 radical (unpaired) electrons. The molecule has 74 valence electrons. The number of carboxylic acid groups (broad SMARTS) is 1. The van der Waals surface area contributed by atoms with E-state index in [9.17, 15) is 9.59 Å². The molecule has 0 aromatic rings. The number of allylic oxidation sites excluding steroid dienone is 1. The lowest BCUT2D eigenvalue weighted by Crippen LogP contribution is -2.47. The third kappa shape index (κ3) is 1.88. The van der Waals surface area contributed by atoms with Crippen molar-refractivity contribution in [2.24, 2.45) is 11.3 Å². The van der Waals surface area contributed by atoms with Crippen LogP contribution < -0.4 is 5.32 Å². The van der Waals surface area contributed by atoms with Crippen molar-refractivity contribution in [3.8, 4) is 0 Å². The van der Waals surface area contributed by atoms with Gasteiger partial charge in [-0.1, -0.05) is 13.0 Å². The smallest absolute Gasteiger partial charge is 0.319 e. The Labute approximate surface area is 77.6 Å². The topological polar surface area (TPSA) is 66.4 Å². The Morgan fingerprint density at radius 2 is 2.08 bits per heavy atom. The SMILES string of the molecule is C=CC(C)C(C)(C(=O)O)C(=O)NC. The van der Waals surface area contributed by atoms with E-state index in [0.717, 1.165) is 0 Å². The number of nitrogens with one attached hydrogen (secondary N) is 1. The summed E-state index contributed by atoms with van der Waals surface area (Å²) in [5.74, 6) is -2.06. The average molecular weight is 185 g/mol. The molecular formula is C9H15NO3. The second-order valence-electron chi connectivity index (χ2n) is 3.11. The highest BCUT2D eigenvalue weighted by Gasteiger charge is 2.44. The fourth-order valence-electron chi connectivity index (χ4n) is 0.994. The lowest BCUT2D eigenvalue weighted by atomic mass is 9.77. The van der Waals surface area contributed by atoms with E-state index in [2.05, 4.69) is 11.9 Å². The lowest BCUT2D eigenvalue weighted by molar-refractivity contribution is -0.156. The van der Waals surface area contributed by atoms with Gasteiger partial charge in [-0.25, -0.2) is 0 Å². The van der Waals surface area contributed by atoms with E-state index in [1.54, 1.807) is 6.92 Å².